The summed E-state index contributed by atoms with van der Waals surface area (Å²) in [4.78, 5) is 19.6. The van der Waals surface area contributed by atoms with Gasteiger partial charge in [-0.05, 0) is 24.3 Å². The van der Waals surface area contributed by atoms with Crippen LogP contribution in [0.2, 0.25) is 0 Å². The van der Waals surface area contributed by atoms with Crippen LogP contribution in [0.1, 0.15) is 22.6 Å². The molecule has 0 bridgehead atoms. The number of carbonyl (C=O) groups excluding carboxylic acids is 1. The fraction of sp³-hybridized carbons (Fsp3) is 0.190. The molecule has 0 aliphatic rings. The van der Waals surface area contributed by atoms with Crippen LogP contribution < -0.4 is 15.4 Å². The van der Waals surface area contributed by atoms with Crippen molar-refractivity contribution in [2.75, 3.05) is 11.9 Å². The molecular weight excluding hydrogens is 444 g/mol. The molecule has 8 nitrogen and oxygen atoms in total. The number of carbonyl (C=O) groups is 1. The number of nitrogens with one attached hydrogen (secondary N) is 2. The zero-order valence-corrected chi connectivity index (χ0v) is 16.9. The maximum atomic E-state index is 14.4. The van der Waals surface area contributed by atoms with Gasteiger partial charge in [0.2, 0.25) is 11.7 Å². The molecule has 33 heavy (non-hydrogen) atoms. The average molecular weight is 460 g/mol. The van der Waals surface area contributed by atoms with E-state index in [1.165, 1.54) is 24.4 Å². The van der Waals surface area contributed by atoms with Crippen LogP contribution in [0.4, 0.5) is 23.4 Å². The molecule has 12 heteroatoms. The monoisotopic (exact) mass is 460 g/mol. The summed E-state index contributed by atoms with van der Waals surface area (Å²) in [5.74, 6) is -7.13. The first-order chi connectivity index (χ1) is 15.7. The van der Waals surface area contributed by atoms with Crippen molar-refractivity contribution in [1.82, 2.24) is 15.3 Å². The average Bonchev–Trinajstić information content (AvgIpc) is 2.80. The van der Waals surface area contributed by atoms with E-state index in [1.54, 1.807) is 6.07 Å². The van der Waals surface area contributed by atoms with Crippen LogP contribution >= 0.6 is 0 Å². The van der Waals surface area contributed by atoms with E-state index in [4.69, 9.17) is 0 Å². The Hall–Kier alpha value is -4.27. The first-order valence-electron chi connectivity index (χ1n) is 9.47. The molecule has 170 valence electrons. The molecule has 0 spiro atoms. The maximum absolute atomic E-state index is 14.4. The highest BCUT2D eigenvalue weighted by Crippen LogP contribution is 2.26. The molecule has 0 atom stereocenters. The Labute approximate surface area is 185 Å². The first kappa shape index (κ1) is 23.4. The summed E-state index contributed by atoms with van der Waals surface area (Å²) in [6.45, 7) is -1.46. The third kappa shape index (κ3) is 5.51. The van der Waals surface area contributed by atoms with Crippen molar-refractivity contribution in [1.29, 1.82) is 5.26 Å². The Morgan fingerprint density at radius 1 is 1.15 bits per heavy atom. The lowest BCUT2D eigenvalue weighted by Gasteiger charge is -2.18. The third-order valence-corrected chi connectivity index (χ3v) is 4.51. The smallest absolute Gasteiger partial charge is 0.325 e. The van der Waals surface area contributed by atoms with Crippen LogP contribution in [0.15, 0.2) is 48.8 Å². The number of halogens is 4. The van der Waals surface area contributed by atoms with E-state index < -0.39 is 59.2 Å². The molecule has 3 rings (SSSR count). The van der Waals surface area contributed by atoms with Crippen molar-refractivity contribution in [3.8, 4) is 6.07 Å². The second-order valence-electron chi connectivity index (χ2n) is 6.77. The van der Waals surface area contributed by atoms with Gasteiger partial charge in [0.05, 0.1) is 24.2 Å². The number of nitrogens with zero attached hydrogens (tertiary/aromatic N) is 4. The number of amides is 1. The van der Waals surface area contributed by atoms with Crippen LogP contribution in [0.5, 0.6) is 0 Å². The second kappa shape index (κ2) is 9.90. The summed E-state index contributed by atoms with van der Waals surface area (Å²) in [5, 5.41) is 26.2. The lowest BCUT2D eigenvalue weighted by molar-refractivity contribution is -0.600. The number of nitriles is 1. The summed E-state index contributed by atoms with van der Waals surface area (Å²) < 4.78 is 56.6. The third-order valence-electron chi connectivity index (χ3n) is 4.51. The molecule has 0 aliphatic carbocycles. The van der Waals surface area contributed by atoms with Crippen LogP contribution in [0, 0.1) is 28.2 Å². The van der Waals surface area contributed by atoms with Crippen molar-refractivity contribution in [2.24, 2.45) is 0 Å². The SMILES string of the molecule is N#Cc1cc(F)c(NCC(F)(F)c2ccccn2)[n+]([O-])c1CC(=O)NCc1ncccc1F. The quantitative estimate of drug-likeness (QED) is 0.303. The Morgan fingerprint density at radius 3 is 2.58 bits per heavy atom. The first-order valence-corrected chi connectivity index (χ1v) is 9.47. The van der Waals surface area contributed by atoms with E-state index in [0.29, 0.717) is 6.07 Å². The normalized spacial score (nSPS) is 11.0. The minimum atomic E-state index is -3.54. The molecule has 0 saturated carbocycles. The minimum absolute atomic E-state index is 0.0560. The van der Waals surface area contributed by atoms with Crippen LogP contribution in [-0.4, -0.2) is 22.4 Å². The Morgan fingerprint density at radius 2 is 1.91 bits per heavy atom. The van der Waals surface area contributed by atoms with E-state index in [0.717, 1.165) is 18.3 Å². The van der Waals surface area contributed by atoms with Crippen LogP contribution in [-0.2, 0) is 23.7 Å². The summed E-state index contributed by atoms with van der Waals surface area (Å²) in [5.41, 5.74) is -1.57. The summed E-state index contributed by atoms with van der Waals surface area (Å²) >= 11 is 0. The molecule has 0 unspecified atom stereocenters. The molecule has 2 N–H and O–H groups in total. The number of alkyl halides is 2. The van der Waals surface area contributed by atoms with Gasteiger partial charge in [0, 0.05) is 18.5 Å². The van der Waals surface area contributed by atoms with Crippen molar-refractivity contribution < 1.29 is 27.1 Å². The number of anilines is 1. The molecule has 0 saturated heterocycles. The number of hydrogen-bond acceptors (Lipinski definition) is 6. The standard InChI is InChI=1S/C21H16F4N6O2/c22-14-4-3-7-27-16(14)11-29-19(32)9-17-13(10-26)8-15(23)20(31(17)33)30-12-21(24,25)18-5-1-2-6-28-18/h1-8,30H,9,11-12H2,(H,29,32). The highest BCUT2D eigenvalue weighted by molar-refractivity contribution is 5.78. The molecule has 3 aromatic heterocycles. The predicted molar refractivity (Wildman–Crippen MR) is 106 cm³/mol. The highest BCUT2D eigenvalue weighted by atomic mass is 19.3. The lowest BCUT2D eigenvalue weighted by Crippen LogP contribution is -2.42. The molecule has 3 heterocycles. The van der Waals surface area contributed by atoms with Gasteiger partial charge in [-0.15, -0.1) is 0 Å². The number of hydrogen-bond donors (Lipinski definition) is 2. The molecule has 0 radical (unpaired) electrons. The van der Waals surface area contributed by atoms with E-state index in [9.17, 15) is 32.8 Å². The van der Waals surface area contributed by atoms with E-state index in [-0.39, 0.29) is 17.0 Å². The molecular formula is C21H16F4N6O2. The Balaban J connectivity index is 1.78. The predicted octanol–water partition coefficient (Wildman–Crippen LogP) is 2.32. The van der Waals surface area contributed by atoms with E-state index in [1.807, 2.05) is 5.32 Å². The number of aromatic nitrogens is 3. The minimum Gasteiger partial charge on any atom is -0.710 e. The van der Waals surface area contributed by atoms with Crippen molar-refractivity contribution >= 4 is 11.7 Å². The van der Waals surface area contributed by atoms with Gasteiger partial charge < -0.3 is 10.5 Å². The lowest BCUT2D eigenvalue weighted by atomic mass is 10.1. The molecule has 3 aromatic rings. The van der Waals surface area contributed by atoms with Crippen LogP contribution in [0.3, 0.4) is 0 Å². The van der Waals surface area contributed by atoms with Gasteiger partial charge in [0.1, 0.15) is 23.3 Å². The van der Waals surface area contributed by atoms with Gasteiger partial charge in [-0.25, -0.2) is 9.12 Å². The zero-order valence-electron chi connectivity index (χ0n) is 16.9. The molecule has 0 fully saturated rings. The van der Waals surface area contributed by atoms with Gasteiger partial charge in [-0.3, -0.25) is 20.1 Å². The highest BCUT2D eigenvalue weighted by Gasteiger charge is 2.36. The fourth-order valence-corrected chi connectivity index (χ4v) is 2.85. The van der Waals surface area contributed by atoms with Gasteiger partial charge >= 0.3 is 11.7 Å². The number of pyridine rings is 3. The van der Waals surface area contributed by atoms with E-state index in [2.05, 4.69) is 15.3 Å². The summed E-state index contributed by atoms with van der Waals surface area (Å²) in [7, 11) is 0. The molecule has 0 aromatic carbocycles. The maximum Gasteiger partial charge on any atom is 0.325 e. The molecule has 0 aliphatic heterocycles. The largest absolute Gasteiger partial charge is 0.710 e. The van der Waals surface area contributed by atoms with Gasteiger partial charge in [0.15, 0.2) is 6.54 Å². The second-order valence-corrected chi connectivity index (χ2v) is 6.77. The summed E-state index contributed by atoms with van der Waals surface area (Å²) in [6.07, 6.45) is 1.79. The van der Waals surface area contributed by atoms with Crippen molar-refractivity contribution in [3.05, 3.63) is 88.3 Å². The van der Waals surface area contributed by atoms with Gasteiger partial charge in [0.25, 0.3) is 0 Å². The van der Waals surface area contributed by atoms with Crippen LogP contribution in [0.25, 0.3) is 0 Å². The van der Waals surface area contributed by atoms with Crippen molar-refractivity contribution in [3.63, 3.8) is 0 Å². The fourth-order valence-electron chi connectivity index (χ4n) is 2.85. The topological polar surface area (TPSA) is 118 Å². The van der Waals surface area contributed by atoms with E-state index >= 15 is 0 Å². The van der Waals surface area contributed by atoms with Gasteiger partial charge in [-0.1, -0.05) is 6.07 Å². The molecule has 1 amide bonds. The van der Waals surface area contributed by atoms with Gasteiger partial charge in [-0.2, -0.15) is 18.4 Å². The van der Waals surface area contributed by atoms with Crippen molar-refractivity contribution in [2.45, 2.75) is 18.9 Å². The zero-order chi connectivity index (χ0) is 24.0. The Bertz CT molecular complexity index is 1200. The summed E-state index contributed by atoms with van der Waals surface area (Å²) in [6, 6.07) is 8.63. The number of rotatable bonds is 8. The Kier molecular flexibility index (Phi) is 7.02.